The fourth-order valence-corrected chi connectivity index (χ4v) is 3.28. The number of alkyl halides is 3. The van der Waals surface area contributed by atoms with Gasteiger partial charge in [-0.15, -0.1) is 0 Å². The Kier molecular flexibility index (Phi) is 4.86. The van der Waals surface area contributed by atoms with E-state index in [1.54, 1.807) is 30.5 Å². The molecule has 3 aromatic rings. The zero-order chi connectivity index (χ0) is 20.6. The number of nitrogens with one attached hydrogen (secondary N) is 1. The number of aromatic nitrogens is 2. The maximum Gasteiger partial charge on any atom is 0.433 e. The third kappa shape index (κ3) is 3.87. The van der Waals surface area contributed by atoms with Crippen LogP contribution >= 0.6 is 0 Å². The van der Waals surface area contributed by atoms with Gasteiger partial charge < -0.3 is 4.74 Å². The maximum atomic E-state index is 15.4. The van der Waals surface area contributed by atoms with Crippen LogP contribution < -0.4 is 15.5 Å². The van der Waals surface area contributed by atoms with Crippen LogP contribution in [0, 0.1) is 5.82 Å². The minimum atomic E-state index is -4.61. The largest absolute Gasteiger partial charge is 0.436 e. The minimum Gasteiger partial charge on any atom is -0.436 e. The van der Waals surface area contributed by atoms with Gasteiger partial charge in [0, 0.05) is 28.8 Å². The Balaban J connectivity index is 1.78. The number of rotatable bonds is 4. The van der Waals surface area contributed by atoms with Crippen LogP contribution in [0.1, 0.15) is 36.4 Å². The smallest absolute Gasteiger partial charge is 0.433 e. The first kappa shape index (κ1) is 19.2. The van der Waals surface area contributed by atoms with Gasteiger partial charge in [-0.3, -0.25) is 5.73 Å². The molecule has 0 bridgehead atoms. The van der Waals surface area contributed by atoms with Crippen molar-refractivity contribution in [2.45, 2.75) is 31.4 Å². The number of nitrogens with two attached hydrogens (primary N) is 1. The van der Waals surface area contributed by atoms with Crippen molar-refractivity contribution in [3.05, 3.63) is 65.7 Å². The summed E-state index contributed by atoms with van der Waals surface area (Å²) >= 11 is 0. The summed E-state index contributed by atoms with van der Waals surface area (Å²) in [5, 5.41) is 0. The van der Waals surface area contributed by atoms with Crippen LogP contribution in [0.15, 0.2) is 48.7 Å². The Labute approximate surface area is 164 Å². The lowest BCUT2D eigenvalue weighted by Crippen LogP contribution is -2.12. The molecule has 1 aliphatic carbocycles. The summed E-state index contributed by atoms with van der Waals surface area (Å²) in [5.74, 6) is -0.509. The molecule has 3 N–H and O–H groups in total. The molecule has 1 aromatic carbocycles. The first-order chi connectivity index (χ1) is 13.8. The van der Waals surface area contributed by atoms with Gasteiger partial charge in [0.15, 0.2) is 11.6 Å². The molecule has 2 heterocycles. The van der Waals surface area contributed by atoms with Crippen LogP contribution in [0.4, 0.5) is 23.4 Å². The molecular formula is C21H18F4N3O+. The molecule has 0 saturated heterocycles. The molecule has 1 saturated carbocycles. The van der Waals surface area contributed by atoms with Crippen LogP contribution in [0.5, 0.6) is 11.6 Å². The second kappa shape index (κ2) is 7.35. The highest BCUT2D eigenvalue weighted by molar-refractivity contribution is 5.67. The zero-order valence-corrected chi connectivity index (χ0v) is 15.3. The quantitative estimate of drug-likeness (QED) is 0.595. The highest BCUT2D eigenvalue weighted by atomic mass is 19.4. The van der Waals surface area contributed by atoms with E-state index in [1.807, 2.05) is 0 Å². The molecule has 4 rings (SSSR count). The first-order valence-electron chi connectivity index (χ1n) is 9.15. The van der Waals surface area contributed by atoms with Crippen molar-refractivity contribution in [2.24, 2.45) is 0 Å². The van der Waals surface area contributed by atoms with E-state index in [0.717, 1.165) is 25.3 Å². The predicted molar refractivity (Wildman–Crippen MR) is 98.7 cm³/mol. The molecule has 0 atom stereocenters. The van der Waals surface area contributed by atoms with Gasteiger partial charge in [-0.25, -0.2) is 14.4 Å². The molecule has 1 aliphatic rings. The van der Waals surface area contributed by atoms with Gasteiger partial charge in [-0.05, 0) is 30.9 Å². The summed E-state index contributed by atoms with van der Waals surface area (Å²) in [6.07, 6.45) is -0.288. The fraction of sp³-hybridized carbons (Fsp3) is 0.238. The van der Waals surface area contributed by atoms with E-state index in [1.165, 1.54) is 12.1 Å². The monoisotopic (exact) mass is 404 g/mol. The Bertz CT molecular complexity index is 1030. The number of ether oxygens (including phenoxy) is 1. The number of nitrogen functional groups attached to an aromatic ring is 1. The second-order valence-corrected chi connectivity index (χ2v) is 6.97. The van der Waals surface area contributed by atoms with E-state index < -0.39 is 17.7 Å². The summed E-state index contributed by atoms with van der Waals surface area (Å²) in [6, 6.07) is 9.98. The summed E-state index contributed by atoms with van der Waals surface area (Å²) in [4.78, 5) is 6.31. The molecule has 0 amide bonds. The predicted octanol–water partition coefficient (Wildman–Crippen LogP) is 5.36. The van der Waals surface area contributed by atoms with E-state index in [-0.39, 0.29) is 23.1 Å². The van der Waals surface area contributed by atoms with E-state index in [4.69, 9.17) is 10.5 Å². The molecule has 150 valence electrons. The SMILES string of the molecule is Nc1ccc(-c2ccc(C3CCC3)c(Oc3cccc(C(F)(F)F)n3)c2F)c[nH+]1. The van der Waals surface area contributed by atoms with Gasteiger partial charge in [0.25, 0.3) is 5.82 Å². The van der Waals surface area contributed by atoms with Gasteiger partial charge in [-0.1, -0.05) is 24.6 Å². The van der Waals surface area contributed by atoms with Crippen LogP contribution in [-0.4, -0.2) is 4.98 Å². The molecule has 1 fully saturated rings. The minimum absolute atomic E-state index is 0.0872. The molecule has 4 nitrogen and oxygen atoms in total. The third-order valence-electron chi connectivity index (χ3n) is 5.04. The van der Waals surface area contributed by atoms with Gasteiger partial charge in [-0.2, -0.15) is 13.2 Å². The van der Waals surface area contributed by atoms with Gasteiger partial charge in [0.05, 0.1) is 6.20 Å². The van der Waals surface area contributed by atoms with Crippen molar-refractivity contribution < 1.29 is 27.3 Å². The summed E-state index contributed by atoms with van der Waals surface area (Å²) in [7, 11) is 0. The lowest BCUT2D eigenvalue weighted by molar-refractivity contribution is -0.359. The third-order valence-corrected chi connectivity index (χ3v) is 5.04. The van der Waals surface area contributed by atoms with Crippen LogP contribution in [0.2, 0.25) is 0 Å². The molecule has 0 unspecified atom stereocenters. The van der Waals surface area contributed by atoms with Crippen molar-refractivity contribution in [1.82, 2.24) is 4.98 Å². The van der Waals surface area contributed by atoms with Crippen molar-refractivity contribution in [1.29, 1.82) is 0 Å². The summed E-state index contributed by atoms with van der Waals surface area (Å²) in [6.45, 7) is 0. The average Bonchev–Trinajstić information content (AvgIpc) is 2.64. The van der Waals surface area contributed by atoms with Gasteiger partial charge in [0.1, 0.15) is 5.69 Å². The van der Waals surface area contributed by atoms with Gasteiger partial charge in [0.2, 0.25) is 5.88 Å². The van der Waals surface area contributed by atoms with Crippen molar-refractivity contribution in [3.63, 3.8) is 0 Å². The van der Waals surface area contributed by atoms with Crippen LogP contribution in [0.3, 0.4) is 0 Å². The topological polar surface area (TPSA) is 62.3 Å². The Morgan fingerprint density at radius 3 is 2.48 bits per heavy atom. The van der Waals surface area contributed by atoms with Crippen molar-refractivity contribution >= 4 is 5.82 Å². The number of nitrogens with zero attached hydrogens (tertiary/aromatic N) is 1. The van der Waals surface area contributed by atoms with Crippen LogP contribution in [-0.2, 0) is 6.18 Å². The summed E-state index contributed by atoms with van der Waals surface area (Å²) in [5.41, 5.74) is 5.98. The van der Waals surface area contributed by atoms with Crippen LogP contribution in [0.25, 0.3) is 11.1 Å². The highest BCUT2D eigenvalue weighted by Crippen LogP contribution is 2.45. The lowest BCUT2D eigenvalue weighted by Gasteiger charge is -2.28. The van der Waals surface area contributed by atoms with Crippen molar-refractivity contribution in [3.8, 4) is 22.8 Å². The molecule has 0 spiro atoms. The number of benzene rings is 1. The fourth-order valence-electron chi connectivity index (χ4n) is 3.28. The Hall–Kier alpha value is -3.16. The number of hydrogen-bond acceptors (Lipinski definition) is 3. The standard InChI is InChI=1S/C21H17F4N3O/c22-19-14(13-7-10-17(26)27-11-13)8-9-15(12-3-1-4-12)20(19)29-18-6-2-5-16(28-18)21(23,24)25/h2,5-12H,1,3-4H2,(H2,26,27)/p+1. The highest BCUT2D eigenvalue weighted by Gasteiger charge is 2.33. The molecule has 0 radical (unpaired) electrons. The van der Waals surface area contributed by atoms with E-state index in [0.29, 0.717) is 16.9 Å². The number of halogens is 4. The molecule has 2 aromatic heterocycles. The van der Waals surface area contributed by atoms with Crippen molar-refractivity contribution in [2.75, 3.05) is 5.73 Å². The first-order valence-corrected chi connectivity index (χ1v) is 9.15. The number of aromatic amines is 1. The maximum absolute atomic E-state index is 15.4. The molecule has 29 heavy (non-hydrogen) atoms. The molecule has 8 heteroatoms. The number of anilines is 1. The number of H-pyrrole nitrogens is 1. The second-order valence-electron chi connectivity index (χ2n) is 6.97. The normalized spacial score (nSPS) is 14.5. The molecular weight excluding hydrogens is 386 g/mol. The van der Waals surface area contributed by atoms with E-state index >= 15 is 4.39 Å². The van der Waals surface area contributed by atoms with E-state index in [2.05, 4.69) is 9.97 Å². The number of pyridine rings is 2. The van der Waals surface area contributed by atoms with E-state index in [9.17, 15) is 13.2 Å². The average molecular weight is 404 g/mol. The lowest BCUT2D eigenvalue weighted by atomic mass is 9.79. The Morgan fingerprint density at radius 2 is 1.86 bits per heavy atom. The number of hydrogen-bond donors (Lipinski definition) is 1. The molecule has 0 aliphatic heterocycles. The Morgan fingerprint density at radius 1 is 1.07 bits per heavy atom. The van der Waals surface area contributed by atoms with Gasteiger partial charge >= 0.3 is 6.18 Å². The summed E-state index contributed by atoms with van der Waals surface area (Å²) < 4.78 is 59.9. The zero-order valence-electron chi connectivity index (χ0n) is 15.3.